The Balaban J connectivity index is 0.000000257. The Labute approximate surface area is 577 Å². The lowest BCUT2D eigenvalue weighted by Crippen LogP contribution is -2.49. The monoisotopic (exact) mass is 1350 g/mol. The van der Waals surface area contributed by atoms with Gasteiger partial charge >= 0.3 is 24.1 Å². The fourth-order valence-corrected chi connectivity index (χ4v) is 14.4. The van der Waals surface area contributed by atoms with Crippen molar-refractivity contribution in [2.75, 3.05) is 38.5 Å². The minimum absolute atomic E-state index is 0.0855. The average molecular weight is 1350 g/mol. The molecule has 6 aromatic carbocycles. The topological polar surface area (TPSA) is 244 Å². The predicted molar refractivity (Wildman–Crippen MR) is 369 cm³/mol. The van der Waals surface area contributed by atoms with E-state index in [0.29, 0.717) is 11.5 Å². The maximum atomic E-state index is 16.4. The van der Waals surface area contributed by atoms with Crippen LogP contribution in [0, 0.1) is 48.7 Å². The number of methoxy groups -OCH3 is 2. The van der Waals surface area contributed by atoms with Crippen molar-refractivity contribution in [1.29, 1.82) is 0 Å². The highest BCUT2D eigenvalue weighted by atomic mass is 19.1. The van der Waals surface area contributed by atoms with Crippen LogP contribution in [0.25, 0.3) is 22.3 Å². The number of nitrogens with one attached hydrogen (secondary N) is 1. The molecule has 6 atom stereocenters. The lowest BCUT2D eigenvalue weighted by atomic mass is 9.77. The number of imidazole rings is 2. The molecule has 20 nitrogen and oxygen atoms in total. The Bertz CT molecular complexity index is 4490. The van der Waals surface area contributed by atoms with E-state index in [0.717, 1.165) is 97.6 Å². The van der Waals surface area contributed by atoms with E-state index in [4.69, 9.17) is 56.7 Å². The lowest BCUT2D eigenvalue weighted by Gasteiger charge is -2.41. The molecular weight excluding hydrogens is 1270 g/mol. The normalized spacial score (nSPS) is 21.1. The van der Waals surface area contributed by atoms with Crippen molar-refractivity contribution in [3.63, 3.8) is 0 Å². The van der Waals surface area contributed by atoms with E-state index < -0.39 is 59.2 Å². The number of anilines is 2. The van der Waals surface area contributed by atoms with Gasteiger partial charge in [0.25, 0.3) is 0 Å². The molecule has 14 rings (SSSR count). The maximum Gasteiger partial charge on any atom is 0.312 e. The third-order valence-electron chi connectivity index (χ3n) is 19.7. The van der Waals surface area contributed by atoms with Crippen molar-refractivity contribution in [1.82, 2.24) is 39.0 Å². The van der Waals surface area contributed by atoms with Crippen LogP contribution in [0.15, 0.2) is 183 Å². The highest BCUT2D eigenvalue weighted by Crippen LogP contribution is 2.50. The Morgan fingerprint density at radius 3 is 1.47 bits per heavy atom. The van der Waals surface area contributed by atoms with Gasteiger partial charge in [0.05, 0.1) is 38.7 Å². The summed E-state index contributed by atoms with van der Waals surface area (Å²) in [6.07, 6.45) is 18.8. The van der Waals surface area contributed by atoms with Crippen molar-refractivity contribution >= 4 is 45.9 Å². The molecule has 2 aliphatic carbocycles. The number of carbonyl (C=O) groups is 2. The molecular formula is C78H76F2N10O10. The average Bonchev–Trinajstić information content (AvgIpc) is 1.27. The second kappa shape index (κ2) is 29.4. The van der Waals surface area contributed by atoms with Gasteiger partial charge in [0.15, 0.2) is 45.2 Å². The molecule has 100 heavy (non-hydrogen) atoms. The smallest absolute Gasteiger partial charge is 0.312 e. The fourth-order valence-electron chi connectivity index (χ4n) is 14.4. The van der Waals surface area contributed by atoms with Crippen molar-refractivity contribution in [3.05, 3.63) is 228 Å². The van der Waals surface area contributed by atoms with Gasteiger partial charge in [0.2, 0.25) is 0 Å². The summed E-state index contributed by atoms with van der Waals surface area (Å²) < 4.78 is 76.5. The van der Waals surface area contributed by atoms with Crippen LogP contribution in [0.4, 0.5) is 20.4 Å². The number of hydrogen-bond acceptors (Lipinski definition) is 18. The summed E-state index contributed by atoms with van der Waals surface area (Å²) in [6, 6.07) is 55.1. The molecule has 6 heterocycles. The zero-order valence-corrected chi connectivity index (χ0v) is 55.4. The summed E-state index contributed by atoms with van der Waals surface area (Å²) in [5.41, 5.74) is 5.87. The van der Waals surface area contributed by atoms with E-state index >= 15 is 4.39 Å². The number of hydrogen-bond donors (Lipinski definition) is 3. The molecule has 0 radical (unpaired) electrons. The van der Waals surface area contributed by atoms with E-state index in [1.54, 1.807) is 25.1 Å². The van der Waals surface area contributed by atoms with Gasteiger partial charge in [-0.2, -0.15) is 28.7 Å². The molecule has 0 spiro atoms. The molecule has 2 aliphatic heterocycles. The Morgan fingerprint density at radius 1 is 0.570 bits per heavy atom. The number of halogens is 2. The Kier molecular flexibility index (Phi) is 20.0. The van der Waals surface area contributed by atoms with Crippen molar-refractivity contribution < 1.29 is 56.6 Å². The fraction of sp³-hybridized carbons (Fsp3) is 0.333. The largest absolute Gasteiger partial charge is 0.497 e. The Hall–Kier alpha value is -10.6. The number of aromatic nitrogens is 8. The molecule has 4 N–H and O–H groups in total. The number of rotatable bonds is 20. The van der Waals surface area contributed by atoms with Crippen LogP contribution in [0.2, 0.25) is 0 Å². The summed E-state index contributed by atoms with van der Waals surface area (Å²) in [7, 11) is 3.24. The number of nitrogens with zero attached hydrogens (tertiary/aromatic N) is 8. The van der Waals surface area contributed by atoms with Crippen LogP contribution >= 0.6 is 0 Å². The number of aliphatic hydroxyl groups is 1. The highest BCUT2D eigenvalue weighted by Gasteiger charge is 2.56. The second-order valence-corrected chi connectivity index (χ2v) is 25.5. The summed E-state index contributed by atoms with van der Waals surface area (Å²) in [6.45, 7) is -0.571. The number of aliphatic hydroxyl groups excluding tert-OH is 1. The van der Waals surface area contributed by atoms with Gasteiger partial charge in [0.1, 0.15) is 60.5 Å². The van der Waals surface area contributed by atoms with E-state index in [1.165, 1.54) is 10.9 Å². The first-order valence-electron chi connectivity index (χ1n) is 33.6. The lowest BCUT2D eigenvalue weighted by molar-refractivity contribution is -0.169. The Morgan fingerprint density at radius 2 is 0.980 bits per heavy atom. The van der Waals surface area contributed by atoms with Crippen molar-refractivity contribution in [2.24, 2.45) is 11.8 Å². The van der Waals surface area contributed by atoms with Gasteiger partial charge in [0, 0.05) is 12.8 Å². The SMILES string of the molecule is C#C[C@]1(COC(=O)C2CCCCC2)O[C@@H](n2cnc3c(N)nc(F)nc32)C[C@@H]1O.C#C[C@]1(COC(=O)C2CCCCC2)O[C@@H](n2cnc3c(NC(c4ccccc4)(c4ccccc4)c4ccc(OC)cc4)nc(F)nc32)C[C@@H]1OC(c1ccccc1)(c1ccccc1)c1ccc(OC)cc1. The quantitative estimate of drug-likeness (QED) is 0.0278. The van der Waals surface area contributed by atoms with Gasteiger partial charge in [-0.15, -0.1) is 12.8 Å². The number of carbonyl (C=O) groups excluding carboxylic acids is 2. The number of fused-ring (bicyclic) bond motifs is 2. The number of nitrogens with two attached hydrogens (primary N) is 1. The molecule has 2 saturated heterocycles. The standard InChI is InChI=1S/C59H54FN5O6.C19H22FN5O4/c1-4-57(39-69-55(66)41-20-10-5-11-21-41)50(70-59(45-26-16-8-17-27-45,46-28-18-9-19-29-46)47-32-36-49(68-3)37-33-47)38-51(71-57)65-40-61-52-53(62-56(60)63-54(52)65)64-58(42-22-12-6-13-23-42,43-24-14-7-15-25-43)44-30-34-48(67-2)35-31-44;1-2-19(9-28-17(27)11-6-4-3-5-7-11)12(26)8-13(29-19)25-10-22-14-15(21)23-18(20)24-16(14)25/h1,6-9,12-19,22-37,40-41,50-51H,5,10-11,20-21,38-39H2,2-3H3,(H,62,63,64);1,10-13,26H,3-9H2,(H2,21,23,24)/t50-,51+,57+;12-,13+,19+/m00/s1. The first kappa shape index (κ1) is 67.9. The van der Waals surface area contributed by atoms with Crippen molar-refractivity contribution in [2.45, 2.75) is 124 Å². The zero-order valence-electron chi connectivity index (χ0n) is 55.4. The molecule has 10 aromatic rings. The van der Waals surface area contributed by atoms with E-state index in [-0.39, 0.29) is 83.8 Å². The third kappa shape index (κ3) is 13.3. The first-order chi connectivity index (χ1) is 48.7. The van der Waals surface area contributed by atoms with Gasteiger partial charge in [-0.3, -0.25) is 18.7 Å². The van der Waals surface area contributed by atoms with Crippen LogP contribution in [0.1, 0.15) is 123 Å². The molecule has 4 fully saturated rings. The number of benzene rings is 6. The van der Waals surface area contributed by atoms with E-state index in [1.807, 2.05) is 170 Å². The minimum atomic E-state index is -1.65. The number of nitrogen functional groups attached to an aromatic ring is 1. The molecule has 4 aromatic heterocycles. The number of esters is 2. The summed E-state index contributed by atoms with van der Waals surface area (Å²) >= 11 is 0. The van der Waals surface area contributed by atoms with Crippen LogP contribution in [0.3, 0.4) is 0 Å². The maximum absolute atomic E-state index is 16.4. The summed E-state index contributed by atoms with van der Waals surface area (Å²) in [4.78, 5) is 51.1. The minimum Gasteiger partial charge on any atom is -0.497 e. The van der Waals surface area contributed by atoms with Gasteiger partial charge in [-0.05, 0) is 83.3 Å². The number of ether oxygens (including phenoxy) is 7. The molecule has 4 aliphatic rings. The summed E-state index contributed by atoms with van der Waals surface area (Å²) in [5.74, 6) is 5.70. The molecule has 0 bridgehead atoms. The van der Waals surface area contributed by atoms with E-state index in [9.17, 15) is 19.1 Å². The molecule has 0 unspecified atom stereocenters. The predicted octanol–water partition coefficient (Wildman–Crippen LogP) is 12.5. The summed E-state index contributed by atoms with van der Waals surface area (Å²) in [5, 5.41) is 14.3. The van der Waals surface area contributed by atoms with Crippen molar-refractivity contribution in [3.8, 4) is 36.2 Å². The molecule has 22 heteroatoms. The highest BCUT2D eigenvalue weighted by molar-refractivity contribution is 5.84. The van der Waals surface area contributed by atoms with Crippen LogP contribution in [-0.4, -0.2) is 107 Å². The van der Waals surface area contributed by atoms with Crippen LogP contribution < -0.4 is 20.5 Å². The van der Waals surface area contributed by atoms with Gasteiger partial charge in [-0.25, -0.2) is 9.97 Å². The first-order valence-corrected chi connectivity index (χ1v) is 33.6. The van der Waals surface area contributed by atoms with Crippen LogP contribution in [0.5, 0.6) is 11.5 Å². The molecule has 0 amide bonds. The zero-order chi connectivity index (χ0) is 69.4. The van der Waals surface area contributed by atoms with E-state index in [2.05, 4.69) is 42.1 Å². The molecule has 2 saturated carbocycles. The van der Waals surface area contributed by atoms with Gasteiger partial charge < -0.3 is 49.3 Å². The second-order valence-electron chi connectivity index (χ2n) is 25.5. The third-order valence-corrected chi connectivity index (χ3v) is 19.7. The number of terminal acetylenes is 2. The molecule has 512 valence electrons. The van der Waals surface area contributed by atoms with Gasteiger partial charge in [-0.1, -0.05) is 196 Å². The van der Waals surface area contributed by atoms with Crippen LogP contribution in [-0.2, 0) is 44.4 Å².